The Morgan fingerprint density at radius 2 is 1.55 bits per heavy atom. The summed E-state index contributed by atoms with van der Waals surface area (Å²) in [6.07, 6.45) is 8.88. The Morgan fingerprint density at radius 1 is 0.824 bits per heavy atom. The van der Waals surface area contributed by atoms with Crippen molar-refractivity contribution in [2.45, 2.75) is 63.6 Å². The topological polar surface area (TPSA) is 124 Å². The van der Waals surface area contributed by atoms with Crippen LogP contribution < -0.4 is 25.8 Å². The number of hydrogen-bond donors (Lipinski definition) is 3. The zero-order valence-electron chi connectivity index (χ0n) is 29.0. The number of nitrogens with one attached hydrogen (secondary N) is 3. The number of imide groups is 1. The smallest absolute Gasteiger partial charge is 0.328 e. The molecule has 0 spiro atoms. The van der Waals surface area contributed by atoms with E-state index < -0.39 is 0 Å². The first-order valence-corrected chi connectivity index (χ1v) is 18.1. The minimum absolute atomic E-state index is 0.218. The van der Waals surface area contributed by atoms with E-state index in [1.54, 1.807) is 4.90 Å². The lowest BCUT2D eigenvalue weighted by Crippen LogP contribution is -2.50. The van der Waals surface area contributed by atoms with Gasteiger partial charge < -0.3 is 15.5 Å². The van der Waals surface area contributed by atoms with Crippen LogP contribution in [0.5, 0.6) is 0 Å². The molecule has 12 heteroatoms. The number of rotatable bonds is 10. The number of piperidine rings is 1. The molecule has 3 aliphatic rings. The first-order valence-electron chi connectivity index (χ1n) is 18.1. The van der Waals surface area contributed by atoms with Crippen molar-refractivity contribution in [3.05, 3.63) is 90.6 Å². The van der Waals surface area contributed by atoms with E-state index >= 15 is 0 Å². The number of carbonyl (C=O) groups excluding carboxylic acids is 2. The predicted molar refractivity (Wildman–Crippen MR) is 201 cm³/mol. The molecular formula is C39H44N10O2. The number of imidazole rings is 1. The summed E-state index contributed by atoms with van der Waals surface area (Å²) in [5.74, 6) is 1.15. The van der Waals surface area contributed by atoms with Crippen molar-refractivity contribution in [1.82, 2.24) is 29.7 Å². The van der Waals surface area contributed by atoms with Crippen LogP contribution in [0.2, 0.25) is 0 Å². The second-order valence-electron chi connectivity index (χ2n) is 13.8. The number of para-hydroxylation sites is 2. The summed E-state index contributed by atoms with van der Waals surface area (Å²) in [6.45, 7) is 3.06. The normalized spacial score (nSPS) is 17.4. The van der Waals surface area contributed by atoms with E-state index in [0.29, 0.717) is 31.0 Å². The van der Waals surface area contributed by atoms with Crippen LogP contribution in [0.1, 0.15) is 56.6 Å². The number of benzene rings is 3. The zero-order valence-corrected chi connectivity index (χ0v) is 29.0. The number of urea groups is 1. The standard InChI is InChI=1S/C39H44N10O2/c1-46(26-27-9-5-8-14-34(27)48-24-21-35(50)44-39(48)51)30-19-22-47(23-20-30)31-17-15-29(16-18-31)41-37-40-25-33-36(45-37)49(32-12-6-7-13-32)38(43-33)42-28-10-3-2-4-11-28/h2-5,8-11,14-18,25,30,32H,6-7,12-13,19-24,26H2,1H3,(H,42,43)(H,40,41,45)(H,44,50,51). The molecule has 3 aromatic carbocycles. The molecule has 4 heterocycles. The molecule has 3 amide bonds. The number of aromatic nitrogens is 4. The molecule has 2 aliphatic heterocycles. The highest BCUT2D eigenvalue weighted by molar-refractivity contribution is 6.05. The molecule has 2 aromatic heterocycles. The highest BCUT2D eigenvalue weighted by atomic mass is 16.2. The van der Waals surface area contributed by atoms with E-state index in [2.05, 4.69) is 72.7 Å². The third-order valence-electron chi connectivity index (χ3n) is 10.5. The fraction of sp³-hybridized carbons (Fsp3) is 0.359. The average Bonchev–Trinajstić information content (AvgIpc) is 3.81. The summed E-state index contributed by atoms with van der Waals surface area (Å²) in [6, 6.07) is 27.1. The van der Waals surface area contributed by atoms with Crippen LogP contribution in [0.3, 0.4) is 0 Å². The van der Waals surface area contributed by atoms with Crippen molar-refractivity contribution < 1.29 is 9.59 Å². The lowest BCUT2D eigenvalue weighted by atomic mass is 10.0. The number of carbonyl (C=O) groups is 2. The van der Waals surface area contributed by atoms with E-state index in [4.69, 9.17) is 9.97 Å². The molecule has 0 bridgehead atoms. The molecule has 0 atom stereocenters. The van der Waals surface area contributed by atoms with Crippen LogP contribution in [0.4, 0.5) is 39.4 Å². The third kappa shape index (κ3) is 7.09. The van der Waals surface area contributed by atoms with Gasteiger partial charge in [-0.2, -0.15) is 4.98 Å². The van der Waals surface area contributed by atoms with Crippen LogP contribution >= 0.6 is 0 Å². The fourth-order valence-electron chi connectivity index (χ4n) is 7.75. The number of anilines is 6. The second kappa shape index (κ2) is 14.4. The Labute approximate surface area is 297 Å². The zero-order chi connectivity index (χ0) is 34.7. The van der Waals surface area contributed by atoms with Gasteiger partial charge in [-0.05, 0) is 80.8 Å². The van der Waals surface area contributed by atoms with Gasteiger partial charge >= 0.3 is 6.03 Å². The molecule has 0 unspecified atom stereocenters. The highest BCUT2D eigenvalue weighted by Crippen LogP contribution is 2.36. The van der Waals surface area contributed by atoms with Gasteiger partial charge in [0.05, 0.1) is 6.20 Å². The number of amides is 3. The van der Waals surface area contributed by atoms with Crippen molar-refractivity contribution in [2.24, 2.45) is 0 Å². The Morgan fingerprint density at radius 3 is 2.31 bits per heavy atom. The molecular weight excluding hydrogens is 640 g/mol. The van der Waals surface area contributed by atoms with Crippen molar-refractivity contribution in [3.63, 3.8) is 0 Å². The maximum absolute atomic E-state index is 12.5. The summed E-state index contributed by atoms with van der Waals surface area (Å²) in [5.41, 5.74) is 6.73. The molecule has 12 nitrogen and oxygen atoms in total. The monoisotopic (exact) mass is 684 g/mol. The lowest BCUT2D eigenvalue weighted by Gasteiger charge is -2.38. The summed E-state index contributed by atoms with van der Waals surface area (Å²) in [4.78, 5) is 45.2. The van der Waals surface area contributed by atoms with Crippen LogP contribution in [-0.4, -0.2) is 69.1 Å². The first kappa shape index (κ1) is 32.7. The summed E-state index contributed by atoms with van der Waals surface area (Å²) in [7, 11) is 2.16. The summed E-state index contributed by atoms with van der Waals surface area (Å²) < 4.78 is 2.27. The maximum atomic E-state index is 12.5. The molecule has 1 saturated carbocycles. The van der Waals surface area contributed by atoms with Gasteiger partial charge in [0, 0.05) is 67.4 Å². The molecule has 3 fully saturated rings. The van der Waals surface area contributed by atoms with Crippen LogP contribution in [0, 0.1) is 0 Å². The predicted octanol–water partition coefficient (Wildman–Crippen LogP) is 6.98. The van der Waals surface area contributed by atoms with Gasteiger partial charge in [-0.15, -0.1) is 0 Å². The summed E-state index contributed by atoms with van der Waals surface area (Å²) in [5, 5.41) is 9.39. The fourth-order valence-corrected chi connectivity index (χ4v) is 7.75. The number of nitrogens with zero attached hydrogens (tertiary/aromatic N) is 7. The van der Waals surface area contributed by atoms with Crippen LogP contribution in [-0.2, 0) is 11.3 Å². The molecule has 0 radical (unpaired) electrons. The largest absolute Gasteiger partial charge is 0.371 e. The Kier molecular flexibility index (Phi) is 9.23. The Hall–Kier alpha value is -5.49. The van der Waals surface area contributed by atoms with Crippen molar-refractivity contribution in [2.75, 3.05) is 47.1 Å². The lowest BCUT2D eigenvalue weighted by molar-refractivity contribution is -0.120. The van der Waals surface area contributed by atoms with Crippen LogP contribution in [0.15, 0.2) is 85.1 Å². The van der Waals surface area contributed by atoms with Crippen molar-refractivity contribution in [1.29, 1.82) is 0 Å². The Bertz CT molecular complexity index is 2000. The molecule has 3 N–H and O–H groups in total. The minimum Gasteiger partial charge on any atom is -0.371 e. The summed E-state index contributed by atoms with van der Waals surface area (Å²) >= 11 is 0. The van der Waals surface area contributed by atoms with E-state index in [0.717, 1.165) is 85.1 Å². The van der Waals surface area contributed by atoms with Gasteiger partial charge in [0.25, 0.3) is 0 Å². The average molecular weight is 685 g/mol. The highest BCUT2D eigenvalue weighted by Gasteiger charge is 2.28. The van der Waals surface area contributed by atoms with Gasteiger partial charge in [0.2, 0.25) is 17.8 Å². The number of fused-ring (bicyclic) bond motifs is 1. The molecule has 8 rings (SSSR count). The molecule has 5 aromatic rings. The van der Waals surface area contributed by atoms with Gasteiger partial charge in [-0.1, -0.05) is 49.2 Å². The molecule has 51 heavy (non-hydrogen) atoms. The van der Waals surface area contributed by atoms with E-state index in [9.17, 15) is 9.59 Å². The van der Waals surface area contributed by atoms with Gasteiger partial charge in [-0.25, -0.2) is 14.8 Å². The SMILES string of the molecule is CN(Cc1ccccc1N1CCC(=O)NC1=O)C1CCN(c2ccc(Nc3ncc4nc(Nc5ccccc5)n(C5CCCC5)c4n3)cc2)CC1. The van der Waals surface area contributed by atoms with E-state index in [1.807, 2.05) is 54.7 Å². The van der Waals surface area contributed by atoms with Crippen molar-refractivity contribution in [3.8, 4) is 0 Å². The quantitative estimate of drug-likeness (QED) is 0.143. The van der Waals surface area contributed by atoms with Gasteiger partial charge in [0.1, 0.15) is 5.52 Å². The van der Waals surface area contributed by atoms with E-state index in [-0.39, 0.29) is 11.9 Å². The maximum Gasteiger partial charge on any atom is 0.328 e. The molecule has 262 valence electrons. The van der Waals surface area contributed by atoms with Gasteiger partial charge in [0.15, 0.2) is 5.65 Å². The van der Waals surface area contributed by atoms with Crippen LogP contribution in [0.25, 0.3) is 11.2 Å². The van der Waals surface area contributed by atoms with Crippen molar-refractivity contribution >= 4 is 57.7 Å². The number of hydrogen-bond acceptors (Lipinski definition) is 9. The second-order valence-corrected chi connectivity index (χ2v) is 13.8. The Balaban J connectivity index is 0.900. The van der Waals surface area contributed by atoms with E-state index in [1.165, 1.54) is 18.5 Å². The van der Waals surface area contributed by atoms with Gasteiger partial charge in [-0.3, -0.25) is 24.5 Å². The molecule has 2 saturated heterocycles. The first-order chi connectivity index (χ1) is 25.0. The molecule has 1 aliphatic carbocycles. The minimum atomic E-state index is -0.345. The third-order valence-corrected chi connectivity index (χ3v) is 10.5.